The second kappa shape index (κ2) is 3.97. The summed E-state index contributed by atoms with van der Waals surface area (Å²) >= 11 is 0. The standard InChI is InChI=1S/C8H10FN3O3S/c1-4-6(9)2-5(3-7(4)10)16(14,15)12-8(11)13/h2-3H,10H2,1H3,(H3,11,12,13). The number of amides is 2. The summed E-state index contributed by atoms with van der Waals surface area (Å²) in [6.07, 6.45) is 0. The minimum Gasteiger partial charge on any atom is -0.398 e. The first-order chi connectivity index (χ1) is 7.24. The molecule has 0 aliphatic rings. The zero-order chi connectivity index (χ0) is 12.5. The van der Waals surface area contributed by atoms with Crippen molar-refractivity contribution in [1.29, 1.82) is 0 Å². The molecular weight excluding hydrogens is 237 g/mol. The van der Waals surface area contributed by atoms with Gasteiger partial charge in [-0.3, -0.25) is 0 Å². The molecule has 1 aromatic carbocycles. The van der Waals surface area contributed by atoms with Gasteiger partial charge in [-0.25, -0.2) is 22.3 Å². The van der Waals surface area contributed by atoms with E-state index in [4.69, 9.17) is 5.73 Å². The van der Waals surface area contributed by atoms with Gasteiger partial charge in [0.2, 0.25) is 0 Å². The minimum absolute atomic E-state index is 0.0233. The summed E-state index contributed by atoms with van der Waals surface area (Å²) in [4.78, 5) is 9.98. The number of benzene rings is 1. The van der Waals surface area contributed by atoms with E-state index in [0.717, 1.165) is 12.1 Å². The van der Waals surface area contributed by atoms with Crippen LogP contribution in [0.1, 0.15) is 5.56 Å². The van der Waals surface area contributed by atoms with E-state index in [2.05, 4.69) is 5.73 Å². The first-order valence-corrected chi connectivity index (χ1v) is 5.60. The fraction of sp³-hybridized carbons (Fsp3) is 0.125. The van der Waals surface area contributed by atoms with Gasteiger partial charge in [-0.2, -0.15) is 0 Å². The zero-order valence-electron chi connectivity index (χ0n) is 8.32. The summed E-state index contributed by atoms with van der Waals surface area (Å²) in [5, 5.41) is 0. The fourth-order valence-electron chi connectivity index (χ4n) is 1.02. The number of primary amides is 1. The number of halogens is 1. The molecule has 16 heavy (non-hydrogen) atoms. The predicted molar refractivity (Wildman–Crippen MR) is 55.5 cm³/mol. The lowest BCUT2D eigenvalue weighted by molar-refractivity contribution is 0.253. The van der Waals surface area contributed by atoms with Gasteiger partial charge in [-0.05, 0) is 19.1 Å². The van der Waals surface area contributed by atoms with E-state index in [1.807, 2.05) is 0 Å². The summed E-state index contributed by atoms with van der Waals surface area (Å²) in [6, 6.07) is 0.556. The molecule has 1 rings (SSSR count). The molecule has 2 amide bonds. The first-order valence-electron chi connectivity index (χ1n) is 4.12. The van der Waals surface area contributed by atoms with Crippen LogP contribution in [0.25, 0.3) is 0 Å². The molecule has 0 saturated carbocycles. The second-order valence-electron chi connectivity index (χ2n) is 3.09. The largest absolute Gasteiger partial charge is 0.398 e. The number of hydrogen-bond acceptors (Lipinski definition) is 4. The molecule has 1 aromatic rings. The van der Waals surface area contributed by atoms with Crippen molar-refractivity contribution in [3.63, 3.8) is 0 Å². The van der Waals surface area contributed by atoms with Crippen LogP contribution in [-0.4, -0.2) is 14.4 Å². The Labute approximate surface area is 91.5 Å². The van der Waals surface area contributed by atoms with Gasteiger partial charge >= 0.3 is 6.03 Å². The van der Waals surface area contributed by atoms with E-state index in [9.17, 15) is 17.6 Å². The smallest absolute Gasteiger partial charge is 0.326 e. The number of urea groups is 1. The highest BCUT2D eigenvalue weighted by Gasteiger charge is 2.18. The van der Waals surface area contributed by atoms with E-state index in [1.165, 1.54) is 11.6 Å². The Balaban J connectivity index is 3.30. The van der Waals surface area contributed by atoms with Gasteiger partial charge in [0.25, 0.3) is 10.0 Å². The van der Waals surface area contributed by atoms with Crippen LogP contribution in [0.15, 0.2) is 17.0 Å². The van der Waals surface area contributed by atoms with Crippen molar-refractivity contribution < 1.29 is 17.6 Å². The maximum Gasteiger partial charge on any atom is 0.326 e. The molecule has 0 bridgehead atoms. The van der Waals surface area contributed by atoms with Crippen molar-refractivity contribution in [2.45, 2.75) is 11.8 Å². The maximum absolute atomic E-state index is 13.2. The van der Waals surface area contributed by atoms with E-state index < -0.39 is 26.8 Å². The number of carbonyl (C=O) groups is 1. The van der Waals surface area contributed by atoms with E-state index >= 15 is 0 Å². The quantitative estimate of drug-likeness (QED) is 0.641. The third kappa shape index (κ3) is 2.40. The SMILES string of the molecule is Cc1c(N)cc(S(=O)(=O)NC(N)=O)cc1F. The van der Waals surface area contributed by atoms with Crippen molar-refractivity contribution in [1.82, 2.24) is 4.72 Å². The van der Waals surface area contributed by atoms with Crippen molar-refractivity contribution in [2.24, 2.45) is 5.73 Å². The summed E-state index contributed by atoms with van der Waals surface area (Å²) in [7, 11) is -4.17. The highest BCUT2D eigenvalue weighted by atomic mass is 32.2. The molecule has 0 saturated heterocycles. The average molecular weight is 247 g/mol. The molecule has 0 spiro atoms. The van der Waals surface area contributed by atoms with Gasteiger partial charge in [0, 0.05) is 11.3 Å². The minimum atomic E-state index is -4.17. The second-order valence-corrected chi connectivity index (χ2v) is 4.77. The Morgan fingerprint density at radius 3 is 2.44 bits per heavy atom. The molecule has 88 valence electrons. The van der Waals surface area contributed by atoms with Gasteiger partial charge < -0.3 is 11.5 Å². The number of carbonyl (C=O) groups excluding carboxylic acids is 1. The lowest BCUT2D eigenvalue weighted by Crippen LogP contribution is -2.35. The molecule has 0 aromatic heterocycles. The normalized spacial score (nSPS) is 11.1. The number of nitrogen functional groups attached to an aromatic ring is 1. The number of sulfonamides is 1. The first kappa shape index (κ1) is 12.2. The van der Waals surface area contributed by atoms with Crippen LogP contribution in [0.5, 0.6) is 0 Å². The maximum atomic E-state index is 13.2. The van der Waals surface area contributed by atoms with Crippen molar-refractivity contribution in [2.75, 3.05) is 5.73 Å². The Kier molecular flexibility index (Phi) is 3.04. The highest BCUT2D eigenvalue weighted by Crippen LogP contribution is 2.20. The van der Waals surface area contributed by atoms with Gasteiger partial charge in [-0.1, -0.05) is 0 Å². The van der Waals surface area contributed by atoms with Crippen LogP contribution >= 0.6 is 0 Å². The fourth-order valence-corrected chi connectivity index (χ4v) is 1.94. The van der Waals surface area contributed by atoms with Gasteiger partial charge in [-0.15, -0.1) is 0 Å². The number of nitrogens with one attached hydrogen (secondary N) is 1. The number of hydrogen-bond donors (Lipinski definition) is 3. The average Bonchev–Trinajstić information content (AvgIpc) is 2.11. The van der Waals surface area contributed by atoms with Gasteiger partial charge in [0.1, 0.15) is 5.82 Å². The monoisotopic (exact) mass is 247 g/mol. The summed E-state index contributed by atoms with van der Waals surface area (Å²) in [5.41, 5.74) is 10.2. The van der Waals surface area contributed by atoms with E-state index in [0.29, 0.717) is 0 Å². The van der Waals surface area contributed by atoms with Crippen LogP contribution in [-0.2, 0) is 10.0 Å². The molecule has 0 aliphatic heterocycles. The molecule has 0 heterocycles. The third-order valence-electron chi connectivity index (χ3n) is 1.90. The number of rotatable bonds is 2. The lowest BCUT2D eigenvalue weighted by Gasteiger charge is -2.07. The highest BCUT2D eigenvalue weighted by molar-refractivity contribution is 7.90. The summed E-state index contributed by atoms with van der Waals surface area (Å²) in [5.74, 6) is -0.773. The van der Waals surface area contributed by atoms with Crippen molar-refractivity contribution >= 4 is 21.7 Å². The Morgan fingerprint density at radius 1 is 1.44 bits per heavy atom. The molecule has 6 nitrogen and oxygen atoms in total. The molecule has 8 heteroatoms. The van der Waals surface area contributed by atoms with Crippen LogP contribution in [0.3, 0.4) is 0 Å². The Hall–Kier alpha value is -1.83. The van der Waals surface area contributed by atoms with Crippen LogP contribution in [0.4, 0.5) is 14.9 Å². The van der Waals surface area contributed by atoms with E-state index in [1.54, 1.807) is 0 Å². The summed E-state index contributed by atoms with van der Waals surface area (Å²) in [6.45, 7) is 1.41. The van der Waals surface area contributed by atoms with Gasteiger partial charge in [0.15, 0.2) is 0 Å². The molecule has 0 aliphatic carbocycles. The van der Waals surface area contributed by atoms with Crippen molar-refractivity contribution in [3.8, 4) is 0 Å². The Morgan fingerprint density at radius 2 is 2.00 bits per heavy atom. The molecule has 0 unspecified atom stereocenters. The zero-order valence-corrected chi connectivity index (χ0v) is 9.14. The van der Waals surface area contributed by atoms with Crippen LogP contribution < -0.4 is 16.2 Å². The molecule has 0 radical (unpaired) electrons. The number of anilines is 1. The summed E-state index contributed by atoms with van der Waals surface area (Å²) < 4.78 is 37.6. The molecule has 5 N–H and O–H groups in total. The lowest BCUT2D eigenvalue weighted by atomic mass is 10.2. The number of nitrogens with two attached hydrogens (primary N) is 2. The topological polar surface area (TPSA) is 115 Å². The Bertz CT molecular complexity index is 518. The van der Waals surface area contributed by atoms with Crippen molar-refractivity contribution in [3.05, 3.63) is 23.5 Å². The van der Waals surface area contributed by atoms with Gasteiger partial charge in [0.05, 0.1) is 4.90 Å². The van der Waals surface area contributed by atoms with E-state index in [-0.39, 0.29) is 11.3 Å². The van der Waals surface area contributed by atoms with Crippen LogP contribution in [0, 0.1) is 12.7 Å². The third-order valence-corrected chi connectivity index (χ3v) is 3.23. The van der Waals surface area contributed by atoms with Crippen LogP contribution in [0.2, 0.25) is 0 Å². The molecular formula is C8H10FN3O3S. The predicted octanol–water partition coefficient (Wildman–Crippen LogP) is 0.0733. The molecule has 0 atom stereocenters. The molecule has 0 fully saturated rings.